The van der Waals surface area contributed by atoms with Crippen LogP contribution in [0.5, 0.6) is 0 Å². The number of Topliss-reactive ketones (excluding diaryl/α,β-unsaturated/α-hetero) is 3. The fraction of sp³-hybridized carbons (Fsp3) is 0.538. The molecule has 0 bridgehead atoms. The average Bonchev–Trinajstić information content (AvgIpc) is 2.35. The number of aliphatic carboxylic acids is 1. The highest BCUT2D eigenvalue weighted by Crippen LogP contribution is 2.20. The van der Waals surface area contributed by atoms with Gasteiger partial charge in [0.2, 0.25) is 5.78 Å². The molecule has 0 radical (unpaired) electrons. The second-order valence-electron chi connectivity index (χ2n) is 4.32. The summed E-state index contributed by atoms with van der Waals surface area (Å²) in [5, 5.41) is 8.78. The molecular weight excluding hydrogens is 350 g/mol. The molecule has 0 fully saturated rings. The number of carbonyl (C=O) groups excluding carboxylic acids is 4. The van der Waals surface area contributed by atoms with E-state index in [2.05, 4.69) is 6.58 Å². The first-order chi connectivity index (χ1) is 10.4. The minimum atomic E-state index is -5.19. The second-order valence-corrected chi connectivity index (χ2v) is 4.32. The molecule has 0 aliphatic carbocycles. The molecule has 0 amide bonds. The Bertz CT molecular complexity index is 478. The quantitative estimate of drug-likeness (QED) is 0.432. The predicted molar refractivity (Wildman–Crippen MR) is 67.5 cm³/mol. The van der Waals surface area contributed by atoms with Crippen LogP contribution < -0.4 is 5.11 Å². The Balaban J connectivity index is -0.000000294. The lowest BCUT2D eigenvalue weighted by atomic mass is 10.0. The van der Waals surface area contributed by atoms with E-state index in [0.717, 1.165) is 13.8 Å². The molecular formula is C13H15F6O5-. The maximum Gasteiger partial charge on any atom is 0.450 e. The van der Waals surface area contributed by atoms with Gasteiger partial charge in [0.05, 0.1) is 5.92 Å². The van der Waals surface area contributed by atoms with Crippen LogP contribution in [0.4, 0.5) is 26.3 Å². The molecule has 0 aliphatic heterocycles. The Labute approximate surface area is 133 Å². The Morgan fingerprint density at radius 1 is 0.875 bits per heavy atom. The smallest absolute Gasteiger partial charge is 0.450 e. The maximum absolute atomic E-state index is 11.6. The number of carboxylic acid groups (broad SMARTS) is 1. The van der Waals surface area contributed by atoms with Crippen molar-refractivity contribution in [1.82, 2.24) is 0 Å². The lowest BCUT2D eigenvalue weighted by Gasteiger charge is -2.08. The van der Waals surface area contributed by atoms with Crippen molar-refractivity contribution >= 4 is 23.3 Å². The van der Waals surface area contributed by atoms with Crippen LogP contribution in [0.25, 0.3) is 0 Å². The summed E-state index contributed by atoms with van der Waals surface area (Å²) in [7, 11) is 0. The van der Waals surface area contributed by atoms with Crippen molar-refractivity contribution in [2.24, 2.45) is 5.92 Å². The topological polar surface area (TPSA) is 91.3 Å². The average molecular weight is 365 g/mol. The zero-order valence-corrected chi connectivity index (χ0v) is 13.1. The summed E-state index contributed by atoms with van der Waals surface area (Å²) in [6.07, 6.45) is -10.1. The van der Waals surface area contributed by atoms with Gasteiger partial charge in [-0.05, 0) is 33.3 Å². The first kappa shape index (κ1) is 26.7. The maximum atomic E-state index is 11.6. The number of carbonyl (C=O) groups is 4. The Morgan fingerprint density at radius 2 is 1.12 bits per heavy atom. The highest BCUT2D eigenvalue weighted by atomic mass is 19.4. The molecule has 0 aromatic rings. The Hall–Kier alpha value is -2.20. The number of halogens is 6. The molecule has 0 rings (SSSR count). The number of alkyl halides is 6. The molecule has 5 nitrogen and oxygen atoms in total. The third-order valence-electron chi connectivity index (χ3n) is 2.11. The SMILES string of the molecule is C=C(C)C(C)=O.CC(=O)C(C)C(=O)C(F)(F)F.O=C([O-])C(F)(F)F. The summed E-state index contributed by atoms with van der Waals surface area (Å²) < 4.78 is 66.2. The van der Waals surface area contributed by atoms with Crippen molar-refractivity contribution in [3.8, 4) is 0 Å². The number of allylic oxidation sites excluding steroid dienone is 1. The van der Waals surface area contributed by atoms with Gasteiger partial charge in [0.25, 0.3) is 0 Å². The summed E-state index contributed by atoms with van der Waals surface area (Å²) in [4.78, 5) is 39.4. The summed E-state index contributed by atoms with van der Waals surface area (Å²) in [6, 6.07) is 0. The van der Waals surface area contributed by atoms with E-state index in [1.165, 1.54) is 6.92 Å². The summed E-state index contributed by atoms with van der Waals surface area (Å²) in [5.41, 5.74) is 0.620. The Kier molecular flexibility index (Phi) is 11.7. The summed E-state index contributed by atoms with van der Waals surface area (Å²) in [6.45, 7) is 8.50. The van der Waals surface area contributed by atoms with Crippen LogP contribution in [0.2, 0.25) is 0 Å². The van der Waals surface area contributed by atoms with E-state index >= 15 is 0 Å². The van der Waals surface area contributed by atoms with Crippen LogP contribution >= 0.6 is 0 Å². The summed E-state index contributed by atoms with van der Waals surface area (Å²) in [5.74, 6) is -7.27. The normalized spacial score (nSPS) is 11.8. The standard InChI is InChI=1S/C6H7F3O2.C5H8O.C2HF3O2/c1-3(4(2)10)5(11)6(7,8)9;1-4(2)5(3)6;3-2(4,5)1(6)7/h3H,1-2H3;1H2,2-3H3;(H,6,7)/p-1. The van der Waals surface area contributed by atoms with Gasteiger partial charge in [-0.1, -0.05) is 6.58 Å². The van der Waals surface area contributed by atoms with Crippen molar-refractivity contribution in [3.05, 3.63) is 12.2 Å². The van der Waals surface area contributed by atoms with Gasteiger partial charge in [0.1, 0.15) is 11.8 Å². The number of hydrogen-bond donors (Lipinski definition) is 0. The van der Waals surface area contributed by atoms with Gasteiger partial charge in [0, 0.05) is 0 Å². The fourth-order valence-electron chi connectivity index (χ4n) is 0.430. The number of rotatable bonds is 3. The lowest BCUT2D eigenvalue weighted by molar-refractivity contribution is -0.344. The molecule has 24 heavy (non-hydrogen) atoms. The molecule has 1 atom stereocenters. The lowest BCUT2D eigenvalue weighted by Crippen LogP contribution is -2.37. The molecule has 0 saturated carbocycles. The zero-order valence-electron chi connectivity index (χ0n) is 13.1. The number of hydrogen-bond acceptors (Lipinski definition) is 5. The van der Waals surface area contributed by atoms with Crippen LogP contribution in [0.1, 0.15) is 27.7 Å². The van der Waals surface area contributed by atoms with Crippen molar-refractivity contribution in [3.63, 3.8) is 0 Å². The van der Waals surface area contributed by atoms with E-state index in [9.17, 15) is 40.7 Å². The molecule has 11 heteroatoms. The van der Waals surface area contributed by atoms with Crippen LogP contribution in [-0.4, -0.2) is 35.7 Å². The van der Waals surface area contributed by atoms with Crippen molar-refractivity contribution < 1.29 is 50.6 Å². The van der Waals surface area contributed by atoms with Gasteiger partial charge in [0.15, 0.2) is 5.78 Å². The van der Waals surface area contributed by atoms with E-state index in [1.54, 1.807) is 6.92 Å². The molecule has 0 N–H and O–H groups in total. The largest absolute Gasteiger partial charge is 0.542 e. The monoisotopic (exact) mass is 365 g/mol. The molecule has 1 unspecified atom stereocenters. The van der Waals surface area contributed by atoms with Gasteiger partial charge in [-0.25, -0.2) is 0 Å². The van der Waals surface area contributed by atoms with Crippen LogP contribution in [0, 0.1) is 5.92 Å². The minimum absolute atomic E-state index is 0.0648. The van der Waals surface area contributed by atoms with Gasteiger partial charge in [-0.15, -0.1) is 0 Å². The van der Waals surface area contributed by atoms with E-state index in [0.29, 0.717) is 5.57 Å². The molecule has 0 spiro atoms. The van der Waals surface area contributed by atoms with Crippen LogP contribution in [-0.2, 0) is 19.2 Å². The molecule has 0 aromatic carbocycles. The molecule has 0 saturated heterocycles. The first-order valence-corrected chi connectivity index (χ1v) is 5.91. The van der Waals surface area contributed by atoms with Crippen LogP contribution in [0.15, 0.2) is 12.2 Å². The minimum Gasteiger partial charge on any atom is -0.542 e. The predicted octanol–water partition coefficient (Wildman–Crippen LogP) is 1.79. The van der Waals surface area contributed by atoms with Crippen molar-refractivity contribution in [1.29, 1.82) is 0 Å². The third-order valence-corrected chi connectivity index (χ3v) is 2.11. The van der Waals surface area contributed by atoms with E-state index in [-0.39, 0.29) is 5.78 Å². The van der Waals surface area contributed by atoms with E-state index < -0.39 is 35.8 Å². The zero-order chi connectivity index (χ0) is 20.5. The number of carboxylic acids is 1. The molecule has 0 aliphatic rings. The highest BCUT2D eigenvalue weighted by Gasteiger charge is 2.42. The number of ketones is 3. The van der Waals surface area contributed by atoms with Gasteiger partial charge < -0.3 is 9.90 Å². The second kappa shape index (κ2) is 10.6. The van der Waals surface area contributed by atoms with E-state index in [4.69, 9.17) is 9.90 Å². The highest BCUT2D eigenvalue weighted by molar-refractivity contribution is 6.03. The van der Waals surface area contributed by atoms with Gasteiger partial charge in [-0.3, -0.25) is 14.4 Å². The van der Waals surface area contributed by atoms with Crippen molar-refractivity contribution in [2.45, 2.75) is 40.0 Å². The molecule has 0 heterocycles. The summed E-state index contributed by atoms with van der Waals surface area (Å²) >= 11 is 0. The van der Waals surface area contributed by atoms with Crippen molar-refractivity contribution in [2.75, 3.05) is 0 Å². The fourth-order valence-corrected chi connectivity index (χ4v) is 0.430. The third kappa shape index (κ3) is 14.7. The van der Waals surface area contributed by atoms with Gasteiger partial charge >= 0.3 is 12.4 Å². The Morgan fingerprint density at radius 3 is 1.17 bits per heavy atom. The van der Waals surface area contributed by atoms with Crippen LogP contribution in [0.3, 0.4) is 0 Å². The first-order valence-electron chi connectivity index (χ1n) is 5.91. The van der Waals surface area contributed by atoms with Gasteiger partial charge in [-0.2, -0.15) is 26.3 Å². The molecule has 140 valence electrons. The molecule has 0 aromatic heterocycles. The van der Waals surface area contributed by atoms with E-state index in [1.807, 2.05) is 0 Å².